The number of amides is 1. The van der Waals surface area contributed by atoms with Crippen molar-refractivity contribution >= 4 is 5.91 Å². The first-order valence-corrected chi connectivity index (χ1v) is 8.14. The second-order valence-electron chi connectivity index (χ2n) is 7.25. The fraction of sp³-hybridized carbons (Fsp3) is 0.611. The first-order chi connectivity index (χ1) is 10.3. The van der Waals surface area contributed by atoms with Crippen molar-refractivity contribution in [2.24, 2.45) is 11.7 Å². The molecule has 0 radical (unpaired) electrons. The fourth-order valence-electron chi connectivity index (χ4n) is 2.97. The molecule has 1 saturated heterocycles. The maximum atomic E-state index is 12.5. The minimum atomic E-state index is -0.392. The fourth-order valence-corrected chi connectivity index (χ4v) is 2.97. The summed E-state index contributed by atoms with van der Waals surface area (Å²) in [7, 11) is 0. The molecule has 0 bridgehead atoms. The largest absolute Gasteiger partial charge is 0.338 e. The number of rotatable bonds is 4. The van der Waals surface area contributed by atoms with Crippen LogP contribution in [0.4, 0.5) is 0 Å². The number of hydrogen-bond acceptors (Lipinski definition) is 3. The molecule has 0 spiro atoms. The SMILES string of the molecule is CC(C)[C@H](N)C(=O)N1CCN(Cc2ccccc2)C(C)(C)C1. The van der Waals surface area contributed by atoms with Gasteiger partial charge in [-0.15, -0.1) is 0 Å². The number of nitrogens with two attached hydrogens (primary N) is 1. The highest BCUT2D eigenvalue weighted by atomic mass is 16.2. The third-order valence-corrected chi connectivity index (χ3v) is 4.61. The van der Waals surface area contributed by atoms with E-state index in [1.54, 1.807) is 0 Å². The third-order valence-electron chi connectivity index (χ3n) is 4.61. The molecule has 0 aliphatic carbocycles. The van der Waals surface area contributed by atoms with E-state index in [-0.39, 0.29) is 17.4 Å². The summed E-state index contributed by atoms with van der Waals surface area (Å²) in [6.07, 6.45) is 0. The van der Waals surface area contributed by atoms with E-state index in [0.29, 0.717) is 0 Å². The van der Waals surface area contributed by atoms with Crippen LogP contribution in [-0.4, -0.2) is 46.9 Å². The van der Waals surface area contributed by atoms with Crippen molar-refractivity contribution in [1.82, 2.24) is 9.80 Å². The summed E-state index contributed by atoms with van der Waals surface area (Å²) in [5.41, 5.74) is 7.31. The van der Waals surface area contributed by atoms with Gasteiger partial charge in [-0.2, -0.15) is 0 Å². The zero-order valence-corrected chi connectivity index (χ0v) is 14.2. The molecule has 1 aromatic rings. The Labute approximate surface area is 134 Å². The Morgan fingerprint density at radius 2 is 1.86 bits per heavy atom. The lowest BCUT2D eigenvalue weighted by molar-refractivity contribution is -0.138. The molecule has 1 fully saturated rings. The molecular weight excluding hydrogens is 274 g/mol. The second kappa shape index (κ2) is 6.80. The van der Waals surface area contributed by atoms with Crippen LogP contribution < -0.4 is 5.73 Å². The number of piperazine rings is 1. The Morgan fingerprint density at radius 1 is 1.23 bits per heavy atom. The van der Waals surface area contributed by atoms with Crippen LogP contribution in [-0.2, 0) is 11.3 Å². The molecule has 1 amide bonds. The molecule has 1 aliphatic rings. The van der Waals surface area contributed by atoms with Crippen LogP contribution >= 0.6 is 0 Å². The maximum Gasteiger partial charge on any atom is 0.239 e. The Balaban J connectivity index is 2.02. The third kappa shape index (κ3) is 3.87. The van der Waals surface area contributed by atoms with Gasteiger partial charge in [0.25, 0.3) is 0 Å². The topological polar surface area (TPSA) is 49.6 Å². The van der Waals surface area contributed by atoms with E-state index in [1.165, 1.54) is 5.56 Å². The summed E-state index contributed by atoms with van der Waals surface area (Å²) in [6, 6.07) is 10.1. The Morgan fingerprint density at radius 3 is 2.41 bits per heavy atom. The minimum absolute atomic E-state index is 0.0412. The molecular formula is C18H29N3O. The molecule has 2 rings (SSSR count). The van der Waals surface area contributed by atoms with E-state index in [4.69, 9.17) is 5.73 Å². The number of nitrogens with zero attached hydrogens (tertiary/aromatic N) is 2. The number of carbonyl (C=O) groups is 1. The second-order valence-corrected chi connectivity index (χ2v) is 7.25. The van der Waals surface area contributed by atoms with Crippen molar-refractivity contribution in [3.63, 3.8) is 0 Å². The lowest BCUT2D eigenvalue weighted by Crippen LogP contribution is -2.62. The molecule has 1 atom stereocenters. The standard InChI is InChI=1S/C18H29N3O/c1-14(2)16(19)17(22)20-10-11-21(18(3,4)13-20)12-15-8-6-5-7-9-15/h5-9,14,16H,10-13,19H2,1-4H3/t16-/m0/s1. The molecule has 22 heavy (non-hydrogen) atoms. The van der Waals surface area contributed by atoms with Gasteiger partial charge in [-0.3, -0.25) is 9.69 Å². The maximum absolute atomic E-state index is 12.5. The van der Waals surface area contributed by atoms with E-state index in [9.17, 15) is 4.79 Å². The molecule has 4 nitrogen and oxygen atoms in total. The summed E-state index contributed by atoms with van der Waals surface area (Å²) < 4.78 is 0. The van der Waals surface area contributed by atoms with E-state index < -0.39 is 6.04 Å². The Bertz CT molecular complexity index is 498. The van der Waals surface area contributed by atoms with Crippen molar-refractivity contribution in [3.8, 4) is 0 Å². The lowest BCUT2D eigenvalue weighted by Gasteiger charge is -2.48. The predicted octanol–water partition coefficient (Wildman–Crippen LogP) is 2.09. The highest BCUT2D eigenvalue weighted by Crippen LogP contribution is 2.24. The van der Waals surface area contributed by atoms with Gasteiger partial charge in [0, 0.05) is 31.7 Å². The van der Waals surface area contributed by atoms with Gasteiger partial charge in [-0.05, 0) is 25.3 Å². The van der Waals surface area contributed by atoms with Gasteiger partial charge in [0.05, 0.1) is 6.04 Å². The van der Waals surface area contributed by atoms with Crippen molar-refractivity contribution in [2.75, 3.05) is 19.6 Å². The highest BCUT2D eigenvalue weighted by molar-refractivity contribution is 5.82. The van der Waals surface area contributed by atoms with Crippen molar-refractivity contribution in [3.05, 3.63) is 35.9 Å². The first kappa shape index (κ1) is 17.0. The molecule has 122 valence electrons. The van der Waals surface area contributed by atoms with Crippen molar-refractivity contribution in [1.29, 1.82) is 0 Å². The lowest BCUT2D eigenvalue weighted by atomic mass is 9.96. The summed E-state index contributed by atoms with van der Waals surface area (Å²) in [4.78, 5) is 16.9. The van der Waals surface area contributed by atoms with Crippen LogP contribution in [0.3, 0.4) is 0 Å². The average Bonchev–Trinajstić information content (AvgIpc) is 2.48. The molecule has 4 heteroatoms. The highest BCUT2D eigenvalue weighted by Gasteiger charge is 2.37. The van der Waals surface area contributed by atoms with Crippen LogP contribution in [0.15, 0.2) is 30.3 Å². The summed E-state index contributed by atoms with van der Waals surface area (Å²) in [5, 5.41) is 0. The van der Waals surface area contributed by atoms with Gasteiger partial charge in [0.1, 0.15) is 0 Å². The number of hydrogen-bond donors (Lipinski definition) is 1. The zero-order valence-electron chi connectivity index (χ0n) is 14.2. The van der Waals surface area contributed by atoms with Crippen LogP contribution in [0.25, 0.3) is 0 Å². The average molecular weight is 303 g/mol. The predicted molar refractivity (Wildman–Crippen MR) is 90.3 cm³/mol. The van der Waals surface area contributed by atoms with E-state index in [2.05, 4.69) is 43.0 Å². The monoisotopic (exact) mass is 303 g/mol. The summed E-state index contributed by atoms with van der Waals surface area (Å²) in [6.45, 7) is 11.7. The zero-order chi connectivity index (χ0) is 16.3. The molecule has 0 unspecified atom stereocenters. The van der Waals surface area contributed by atoms with Crippen molar-refractivity contribution < 1.29 is 4.79 Å². The molecule has 0 aromatic heterocycles. The van der Waals surface area contributed by atoms with Gasteiger partial charge in [-0.25, -0.2) is 0 Å². The van der Waals surface area contributed by atoms with Gasteiger partial charge in [0.2, 0.25) is 5.91 Å². The van der Waals surface area contributed by atoms with Crippen LogP contribution in [0, 0.1) is 5.92 Å². The van der Waals surface area contributed by atoms with Crippen molar-refractivity contribution in [2.45, 2.75) is 45.8 Å². The number of carbonyl (C=O) groups excluding carboxylic acids is 1. The van der Waals surface area contributed by atoms with Gasteiger partial charge in [-0.1, -0.05) is 44.2 Å². The van der Waals surface area contributed by atoms with Crippen LogP contribution in [0.1, 0.15) is 33.3 Å². The van der Waals surface area contributed by atoms with E-state index in [1.807, 2.05) is 24.8 Å². The molecule has 2 N–H and O–H groups in total. The molecule has 0 saturated carbocycles. The van der Waals surface area contributed by atoms with Gasteiger partial charge >= 0.3 is 0 Å². The van der Waals surface area contributed by atoms with E-state index in [0.717, 1.165) is 26.2 Å². The van der Waals surface area contributed by atoms with Gasteiger partial charge in [0.15, 0.2) is 0 Å². The normalized spacial score (nSPS) is 20.2. The minimum Gasteiger partial charge on any atom is -0.338 e. The molecule has 1 heterocycles. The quantitative estimate of drug-likeness (QED) is 0.926. The Kier molecular flexibility index (Phi) is 5.24. The molecule has 1 aromatic carbocycles. The van der Waals surface area contributed by atoms with Crippen LogP contribution in [0.5, 0.6) is 0 Å². The Hall–Kier alpha value is -1.39. The number of benzene rings is 1. The van der Waals surface area contributed by atoms with Crippen LogP contribution in [0.2, 0.25) is 0 Å². The summed E-state index contributed by atoms with van der Waals surface area (Å²) >= 11 is 0. The smallest absolute Gasteiger partial charge is 0.239 e. The molecule has 1 aliphatic heterocycles. The first-order valence-electron chi connectivity index (χ1n) is 8.14. The van der Waals surface area contributed by atoms with E-state index >= 15 is 0 Å². The van der Waals surface area contributed by atoms with Gasteiger partial charge < -0.3 is 10.6 Å². The summed E-state index contributed by atoms with van der Waals surface area (Å²) in [5.74, 6) is 0.264.